The summed E-state index contributed by atoms with van der Waals surface area (Å²) in [5, 5.41) is 25.7. The van der Waals surface area contributed by atoms with E-state index in [1.54, 1.807) is 18.3 Å². The molecule has 3 rings (SSSR count). The quantitative estimate of drug-likeness (QED) is 0.637. The lowest BCUT2D eigenvalue weighted by Crippen LogP contribution is -2.24. The van der Waals surface area contributed by atoms with Crippen LogP contribution in [0, 0.1) is 24.2 Å². The lowest BCUT2D eigenvalue weighted by Gasteiger charge is -2.18. The second-order valence-electron chi connectivity index (χ2n) is 6.36. The number of aryl methyl sites for hydroxylation is 1. The summed E-state index contributed by atoms with van der Waals surface area (Å²) in [5.41, 5.74) is 2.28. The number of benzene rings is 1. The summed E-state index contributed by atoms with van der Waals surface area (Å²) in [5.74, 6) is 1.16. The molecule has 1 heterocycles. The Morgan fingerprint density at radius 1 is 1.42 bits per heavy atom. The van der Waals surface area contributed by atoms with Crippen LogP contribution in [0.3, 0.4) is 0 Å². The predicted molar refractivity (Wildman–Crippen MR) is 105 cm³/mol. The summed E-state index contributed by atoms with van der Waals surface area (Å²) in [7, 11) is 0. The van der Waals surface area contributed by atoms with E-state index < -0.39 is 0 Å². The predicted octanol–water partition coefficient (Wildman–Crippen LogP) is 4.54. The first-order valence-corrected chi connectivity index (χ1v) is 9.54. The molecule has 0 spiro atoms. The van der Waals surface area contributed by atoms with Gasteiger partial charge in [-0.25, -0.2) is 4.98 Å². The van der Waals surface area contributed by atoms with E-state index in [9.17, 15) is 10.4 Å². The number of aliphatic hydroxyl groups is 1. The summed E-state index contributed by atoms with van der Waals surface area (Å²) in [4.78, 5) is 8.86. The Balaban J connectivity index is 1.82. The largest absolute Gasteiger partial charge is 0.392 e. The van der Waals surface area contributed by atoms with Gasteiger partial charge in [0.25, 0.3) is 0 Å². The van der Waals surface area contributed by atoms with Gasteiger partial charge in [0.05, 0.1) is 23.6 Å². The zero-order valence-electron chi connectivity index (χ0n) is 14.3. The zero-order chi connectivity index (χ0) is 18.7. The van der Waals surface area contributed by atoms with Crippen molar-refractivity contribution >= 4 is 45.0 Å². The van der Waals surface area contributed by atoms with Gasteiger partial charge in [-0.1, -0.05) is 11.6 Å². The lowest BCUT2D eigenvalue weighted by atomic mass is 10.1. The first kappa shape index (κ1) is 18.9. The first-order valence-electron chi connectivity index (χ1n) is 8.37. The van der Waals surface area contributed by atoms with Crippen molar-refractivity contribution in [2.45, 2.75) is 38.8 Å². The molecule has 1 aromatic heterocycles. The van der Waals surface area contributed by atoms with Crippen LogP contribution in [0.2, 0.25) is 5.02 Å². The zero-order valence-corrected chi connectivity index (χ0v) is 16.6. The monoisotopic (exact) mass is 435 g/mol. The van der Waals surface area contributed by atoms with Crippen molar-refractivity contribution in [3.63, 3.8) is 0 Å². The van der Waals surface area contributed by atoms with Gasteiger partial charge >= 0.3 is 0 Å². The maximum Gasteiger partial charge on any atom is 0.229 e. The van der Waals surface area contributed by atoms with E-state index in [2.05, 4.69) is 42.6 Å². The van der Waals surface area contributed by atoms with Crippen LogP contribution < -0.4 is 10.6 Å². The number of halogens is 2. The smallest absolute Gasteiger partial charge is 0.229 e. The Morgan fingerprint density at radius 3 is 2.96 bits per heavy atom. The molecule has 0 bridgehead atoms. The van der Waals surface area contributed by atoms with Crippen LogP contribution >= 0.6 is 27.5 Å². The van der Waals surface area contributed by atoms with Crippen molar-refractivity contribution in [1.82, 2.24) is 9.97 Å². The highest BCUT2D eigenvalue weighted by molar-refractivity contribution is 9.10. The molecule has 3 N–H and O–H groups in total. The van der Waals surface area contributed by atoms with Gasteiger partial charge in [-0.3, -0.25) is 0 Å². The van der Waals surface area contributed by atoms with E-state index in [-0.39, 0.29) is 18.6 Å². The summed E-state index contributed by atoms with van der Waals surface area (Å²) >= 11 is 9.54. The molecule has 1 fully saturated rings. The van der Waals surface area contributed by atoms with E-state index in [1.165, 1.54) is 0 Å². The fourth-order valence-corrected chi connectivity index (χ4v) is 3.67. The van der Waals surface area contributed by atoms with E-state index in [1.807, 2.05) is 6.92 Å². The lowest BCUT2D eigenvalue weighted by molar-refractivity contribution is 0.281. The molecule has 0 aliphatic heterocycles. The third kappa shape index (κ3) is 4.09. The maximum absolute atomic E-state index is 9.44. The second-order valence-corrected chi connectivity index (χ2v) is 7.56. The summed E-state index contributed by atoms with van der Waals surface area (Å²) < 4.78 is 0.670. The molecule has 8 heteroatoms. The van der Waals surface area contributed by atoms with Crippen LogP contribution in [0.5, 0.6) is 0 Å². The standard InChI is InChI=1S/C18H19BrClN5O/c1-10-8-22-18(23-13-5-12(9-26)16(19)14(20)6-13)25-17(10)24-15-4-2-3-11(15)7-21/h5-6,8,11,15,26H,2-4,9H2,1H3,(H2,22,23,24,25)/t11-,15+/m0/s1. The minimum atomic E-state index is -0.130. The van der Waals surface area contributed by atoms with E-state index in [0.717, 1.165) is 30.6 Å². The number of anilines is 3. The molecule has 0 unspecified atom stereocenters. The van der Waals surface area contributed by atoms with Crippen LogP contribution in [0.1, 0.15) is 30.4 Å². The van der Waals surface area contributed by atoms with Gasteiger partial charge in [0.1, 0.15) is 5.82 Å². The van der Waals surface area contributed by atoms with Gasteiger partial charge in [-0.15, -0.1) is 0 Å². The number of hydrogen-bond acceptors (Lipinski definition) is 6. The molecule has 0 radical (unpaired) electrons. The van der Waals surface area contributed by atoms with Crippen LogP contribution in [-0.2, 0) is 6.61 Å². The SMILES string of the molecule is Cc1cnc(Nc2cc(Cl)c(Br)c(CO)c2)nc1N[C@@H]1CCC[C@H]1C#N. The van der Waals surface area contributed by atoms with E-state index >= 15 is 0 Å². The number of nitriles is 1. The Labute approximate surface area is 165 Å². The number of rotatable bonds is 5. The average Bonchev–Trinajstić information content (AvgIpc) is 3.08. The average molecular weight is 437 g/mol. The molecule has 136 valence electrons. The number of aliphatic hydroxyl groups excluding tert-OH is 1. The molecule has 6 nitrogen and oxygen atoms in total. The molecule has 2 aromatic rings. The van der Waals surface area contributed by atoms with Gasteiger partial charge in [-0.05, 0) is 59.8 Å². The maximum atomic E-state index is 9.44. The number of aromatic nitrogens is 2. The van der Waals surface area contributed by atoms with Crippen LogP contribution in [-0.4, -0.2) is 21.1 Å². The normalized spacial score (nSPS) is 19.2. The minimum absolute atomic E-state index is 0.0122. The van der Waals surface area contributed by atoms with Gasteiger partial charge in [0, 0.05) is 28.0 Å². The molecule has 2 atom stereocenters. The van der Waals surface area contributed by atoms with E-state index in [0.29, 0.717) is 26.7 Å². The molecule has 1 saturated carbocycles. The van der Waals surface area contributed by atoms with Crippen molar-refractivity contribution in [3.8, 4) is 6.07 Å². The highest BCUT2D eigenvalue weighted by atomic mass is 79.9. The van der Waals surface area contributed by atoms with Gasteiger partial charge in [0.2, 0.25) is 5.95 Å². The van der Waals surface area contributed by atoms with Crippen LogP contribution in [0.15, 0.2) is 22.8 Å². The summed E-state index contributed by atoms with van der Waals surface area (Å²) in [6, 6.07) is 6.01. The molecule has 26 heavy (non-hydrogen) atoms. The van der Waals surface area contributed by atoms with Crippen molar-refractivity contribution in [2.75, 3.05) is 10.6 Å². The Hall–Kier alpha value is -1.88. The van der Waals surface area contributed by atoms with Crippen molar-refractivity contribution in [1.29, 1.82) is 5.26 Å². The Bertz CT molecular complexity index is 854. The number of nitrogens with one attached hydrogen (secondary N) is 2. The second kappa shape index (κ2) is 8.21. The fourth-order valence-electron chi connectivity index (χ4n) is 3.07. The van der Waals surface area contributed by atoms with Gasteiger partial charge in [-0.2, -0.15) is 10.2 Å². The number of hydrogen-bond donors (Lipinski definition) is 3. The van der Waals surface area contributed by atoms with Gasteiger partial charge < -0.3 is 15.7 Å². The van der Waals surface area contributed by atoms with Crippen molar-refractivity contribution in [3.05, 3.63) is 39.0 Å². The molecular weight excluding hydrogens is 418 g/mol. The Kier molecular flexibility index (Phi) is 5.97. The summed E-state index contributed by atoms with van der Waals surface area (Å²) in [6.45, 7) is 1.80. The van der Waals surface area contributed by atoms with Crippen molar-refractivity contribution < 1.29 is 5.11 Å². The minimum Gasteiger partial charge on any atom is -0.392 e. The molecule has 1 aromatic carbocycles. The highest BCUT2D eigenvalue weighted by Crippen LogP contribution is 2.32. The molecule has 0 amide bonds. The van der Waals surface area contributed by atoms with Crippen LogP contribution in [0.4, 0.5) is 17.5 Å². The Morgan fingerprint density at radius 2 is 2.23 bits per heavy atom. The van der Waals surface area contributed by atoms with Crippen LogP contribution in [0.25, 0.3) is 0 Å². The third-order valence-corrected chi connectivity index (χ3v) is 5.97. The highest BCUT2D eigenvalue weighted by Gasteiger charge is 2.27. The van der Waals surface area contributed by atoms with Crippen molar-refractivity contribution in [2.24, 2.45) is 5.92 Å². The topological polar surface area (TPSA) is 93.9 Å². The van der Waals surface area contributed by atoms with Gasteiger partial charge in [0.15, 0.2) is 0 Å². The molecule has 1 aliphatic carbocycles. The molecular formula is C18H19BrClN5O. The molecule has 0 saturated heterocycles. The number of nitrogens with zero attached hydrogens (tertiary/aromatic N) is 3. The third-order valence-electron chi connectivity index (χ3n) is 4.51. The molecule has 1 aliphatic rings. The summed E-state index contributed by atoms with van der Waals surface area (Å²) in [6.07, 6.45) is 4.67. The first-order chi connectivity index (χ1) is 12.5. The van der Waals surface area contributed by atoms with E-state index in [4.69, 9.17) is 11.6 Å². The fraction of sp³-hybridized carbons (Fsp3) is 0.389.